The molecule has 0 spiro atoms. The van der Waals surface area contributed by atoms with E-state index in [0.717, 1.165) is 0 Å². The van der Waals surface area contributed by atoms with Crippen molar-refractivity contribution in [2.24, 2.45) is 0 Å². The van der Waals surface area contributed by atoms with Gasteiger partial charge in [-0.05, 0) is 0 Å². The number of aryl methyl sites for hydroxylation is 2. The Labute approximate surface area is 81.8 Å². The van der Waals surface area contributed by atoms with Gasteiger partial charge < -0.3 is 0 Å². The molecule has 1 aromatic rings. The summed E-state index contributed by atoms with van der Waals surface area (Å²) in [4.78, 5) is 0. The Morgan fingerprint density at radius 2 is 1.55 bits per heavy atom. The van der Waals surface area contributed by atoms with Crippen molar-refractivity contribution in [3.63, 3.8) is 0 Å². The van der Waals surface area contributed by atoms with Gasteiger partial charge in [-0.3, -0.25) is 0 Å². The van der Waals surface area contributed by atoms with Crippen LogP contribution in [0.1, 0.15) is 22.1 Å². The van der Waals surface area contributed by atoms with E-state index in [4.69, 9.17) is 0 Å². The van der Waals surface area contributed by atoms with Crippen molar-refractivity contribution >= 4 is 25.8 Å². The van der Waals surface area contributed by atoms with Gasteiger partial charge in [0.25, 0.3) is 0 Å². The summed E-state index contributed by atoms with van der Waals surface area (Å²) in [5.74, 6) is 2.18. The quantitative estimate of drug-likeness (QED) is 0.480. The Bertz CT molecular complexity index is 229. The Kier molecular flexibility index (Phi) is 4.15. The van der Waals surface area contributed by atoms with Gasteiger partial charge in [-0.1, -0.05) is 0 Å². The summed E-state index contributed by atoms with van der Waals surface area (Å²) in [7, 11) is 0. The first kappa shape index (κ1) is 11.0. The average molecular weight is 140 g/mol. The van der Waals surface area contributed by atoms with E-state index in [0.29, 0.717) is 0 Å². The second-order valence-electron chi connectivity index (χ2n) is 2.95. The van der Waals surface area contributed by atoms with E-state index < -0.39 is 0 Å². The molecule has 0 saturated heterocycles. The monoisotopic (exact) mass is 140 g/mol. The normalized spacial score (nSPS) is 8.73. The fourth-order valence-corrected chi connectivity index (χ4v) is 1.09. The van der Waals surface area contributed by atoms with E-state index >= 15 is 0 Å². The van der Waals surface area contributed by atoms with Crippen molar-refractivity contribution < 1.29 is 0 Å². The average Bonchev–Trinajstić information content (AvgIpc) is 1.93. The van der Waals surface area contributed by atoms with Gasteiger partial charge in [0.05, 0.1) is 0 Å². The molecular weight excluding hydrogens is 126 g/mol. The summed E-state index contributed by atoms with van der Waals surface area (Å²) < 4.78 is 0. The van der Waals surface area contributed by atoms with Gasteiger partial charge in [0, 0.05) is 0 Å². The zero-order valence-corrected chi connectivity index (χ0v) is 7.15. The van der Waals surface area contributed by atoms with Crippen molar-refractivity contribution in [3.8, 4) is 0 Å². The molecule has 0 aliphatic carbocycles. The summed E-state index contributed by atoms with van der Waals surface area (Å²) in [6.45, 7) is 10.8. The van der Waals surface area contributed by atoms with Crippen LogP contribution in [0.3, 0.4) is 0 Å². The molecule has 2 heteroatoms. The van der Waals surface area contributed by atoms with Crippen molar-refractivity contribution in [2.45, 2.75) is 27.7 Å². The molecule has 0 nitrogen and oxygen atoms in total. The minimum absolute atomic E-state index is 0. The Morgan fingerprint density at radius 3 is 2.00 bits per heavy atom. The van der Waals surface area contributed by atoms with Crippen LogP contribution in [0.4, 0.5) is 0 Å². The first-order chi connectivity index (χ1) is 4.63. The molecule has 0 bridgehead atoms. The predicted octanol–water partition coefficient (Wildman–Crippen LogP) is 1.61. The van der Waals surface area contributed by atoms with Gasteiger partial charge in [-0.25, -0.2) is 0 Å². The Balaban J connectivity index is 0.000001000. The molecule has 0 fully saturated rings. The van der Waals surface area contributed by atoms with Crippen molar-refractivity contribution in [2.75, 3.05) is 0 Å². The number of hydrogen-bond donors (Lipinski definition) is 0. The van der Waals surface area contributed by atoms with Crippen molar-refractivity contribution in [1.29, 1.82) is 0 Å². The standard InChI is InChI=1S/C9H13B.Li.H/c1-6-5-10-9(4)8(3)7(6)2;;/h5H,1-4H3;;. The van der Waals surface area contributed by atoms with Crippen LogP contribution in [-0.4, -0.2) is 25.8 Å². The molecular formula is C9H14BLi. The minimum atomic E-state index is 0. The van der Waals surface area contributed by atoms with E-state index in [9.17, 15) is 0 Å². The van der Waals surface area contributed by atoms with E-state index in [-0.39, 0.29) is 18.9 Å². The molecule has 1 rings (SSSR count). The van der Waals surface area contributed by atoms with Gasteiger partial charge in [0.1, 0.15) is 0 Å². The summed E-state index contributed by atoms with van der Waals surface area (Å²) >= 11 is 0. The van der Waals surface area contributed by atoms with E-state index in [1.165, 1.54) is 22.1 Å². The van der Waals surface area contributed by atoms with E-state index in [1.807, 2.05) is 0 Å². The van der Waals surface area contributed by atoms with Crippen molar-refractivity contribution in [3.05, 3.63) is 28.1 Å². The van der Waals surface area contributed by atoms with Crippen LogP contribution in [0.5, 0.6) is 0 Å². The summed E-state index contributed by atoms with van der Waals surface area (Å²) in [6, 6.07) is 0. The molecule has 11 heavy (non-hydrogen) atoms. The molecule has 0 N–H and O–H groups in total. The van der Waals surface area contributed by atoms with Gasteiger partial charge >= 0.3 is 81.6 Å². The van der Waals surface area contributed by atoms with Gasteiger partial charge in [0.2, 0.25) is 0 Å². The molecule has 0 atom stereocenters. The molecule has 0 saturated carbocycles. The molecule has 0 aromatic carbocycles. The fraction of sp³-hybridized carbons (Fsp3) is 0.444. The van der Waals surface area contributed by atoms with Crippen LogP contribution in [0.25, 0.3) is 0 Å². The van der Waals surface area contributed by atoms with Crippen LogP contribution >= 0.6 is 0 Å². The third-order valence-corrected chi connectivity index (χ3v) is 2.33. The Morgan fingerprint density at radius 1 is 1.00 bits per heavy atom. The van der Waals surface area contributed by atoms with E-state index in [2.05, 4.69) is 40.6 Å². The molecule has 0 amide bonds. The number of hydrogen-bond acceptors (Lipinski definition) is 0. The van der Waals surface area contributed by atoms with Crippen LogP contribution in [0.15, 0.2) is 5.96 Å². The SMILES string of the molecule is Cc1bcc(C)c(C)c1C.[LiH]. The molecule has 1 aromatic heterocycles. The topological polar surface area (TPSA) is 0 Å². The predicted molar refractivity (Wildman–Crippen MR) is 53.9 cm³/mol. The summed E-state index contributed by atoms with van der Waals surface area (Å²) in [5, 5.41) is 0. The fourth-order valence-electron chi connectivity index (χ4n) is 1.09. The zero-order valence-electron chi connectivity index (χ0n) is 7.15. The summed E-state index contributed by atoms with van der Waals surface area (Å²) in [5.41, 5.74) is 5.64. The second kappa shape index (κ2) is 4.14. The van der Waals surface area contributed by atoms with Gasteiger partial charge in [-0.2, -0.15) is 0 Å². The molecule has 0 radical (unpaired) electrons. The van der Waals surface area contributed by atoms with Crippen LogP contribution < -0.4 is 0 Å². The summed E-state index contributed by atoms with van der Waals surface area (Å²) in [6.07, 6.45) is 0. The van der Waals surface area contributed by atoms with Crippen LogP contribution in [0.2, 0.25) is 0 Å². The molecule has 0 aliphatic heterocycles. The van der Waals surface area contributed by atoms with E-state index in [1.54, 1.807) is 0 Å². The molecule has 1 heterocycles. The first-order valence-electron chi connectivity index (χ1n) is 3.66. The molecule has 54 valence electrons. The molecule has 0 unspecified atom stereocenters. The van der Waals surface area contributed by atoms with Gasteiger partial charge in [-0.15, -0.1) is 0 Å². The third kappa shape index (κ3) is 2.22. The van der Waals surface area contributed by atoms with Crippen molar-refractivity contribution in [1.82, 2.24) is 0 Å². The number of rotatable bonds is 0. The zero-order chi connectivity index (χ0) is 7.72. The third-order valence-electron chi connectivity index (χ3n) is 2.33. The molecule has 0 aliphatic rings. The Hall–Kier alpha value is 0.0123. The maximum atomic E-state index is 2.18. The maximum absolute atomic E-state index is 2.18. The van der Waals surface area contributed by atoms with Crippen LogP contribution in [0, 0.1) is 27.7 Å². The first-order valence-corrected chi connectivity index (χ1v) is 3.66. The van der Waals surface area contributed by atoms with Crippen LogP contribution in [-0.2, 0) is 0 Å². The second-order valence-corrected chi connectivity index (χ2v) is 2.95. The van der Waals surface area contributed by atoms with Gasteiger partial charge in [0.15, 0.2) is 0 Å².